The fourth-order valence-corrected chi connectivity index (χ4v) is 17.9. The number of ether oxygens (including phenoxy) is 6. The first-order chi connectivity index (χ1) is 45.4. The number of anilines is 1. The molecular formula is C47H63N11O29P5S5-5. The molecule has 7 N–H and O–H groups in total. The summed E-state index contributed by atoms with van der Waals surface area (Å²) in [6, 6.07) is 0. The third-order valence-electron chi connectivity index (χ3n) is 14.8. The molecular weight excluding hydrogens is 1500 g/mol. The standard InChI is InChI=1S/C47H68N11O29P5S5/c1-20(2)83-89(68,94)75-15-27-25(11-31(80-27)58-19-49-32-37(58)50-44(48)51-41(32)63)85-90(69,95)76-16-26-24(10-30(79-26)55-12-21(3)38(60)52-45(55)64)84-91(70,96)77-17-28-34(36(73-7)43(81-28)57-14-23(5)40(62)54-47(57)66)87-92(71,97)78-18-29-33(86-88(67,93)74-9-8-59)35(72-6)42(82-29)56-13-22(4)39(61)53-46(56)65/h12-14,19-20,24-31,33-36,42-43,59H,8-11,15-18H2,1-7H3,(H,67,93)(H,68,94)(H,69,95)(H,70,96)(H,71,97)(H,52,60,64)(H,53,61,65)(H,54,62,66)(H3,48,50,51,63)/p-5/t24-,25-,26-,27-,28-,29-,30-,31-,33+,34+,35?,36?,42-,43-,88?,89?,90?,91?,92?/m1/s1. The molecule has 40 nitrogen and oxygen atoms in total. The monoisotopic (exact) mass is 1560 g/mol. The van der Waals surface area contributed by atoms with Gasteiger partial charge in [0.25, 0.3) is 22.2 Å². The van der Waals surface area contributed by atoms with Crippen molar-refractivity contribution in [1.82, 2.24) is 48.2 Å². The molecule has 7 unspecified atom stereocenters. The Morgan fingerprint density at radius 1 is 0.598 bits per heavy atom. The van der Waals surface area contributed by atoms with Gasteiger partial charge in [-0.2, -0.15) is 4.98 Å². The van der Waals surface area contributed by atoms with E-state index < -0.39 is 211 Å². The van der Waals surface area contributed by atoms with Crippen molar-refractivity contribution in [2.24, 2.45) is 0 Å². The number of rotatable bonds is 31. The van der Waals surface area contributed by atoms with E-state index in [0.29, 0.717) is 0 Å². The Morgan fingerprint density at radius 3 is 1.51 bits per heavy atom. The molecule has 5 aromatic rings. The molecule has 0 radical (unpaired) electrons. The molecule has 4 saturated heterocycles. The van der Waals surface area contributed by atoms with Crippen molar-refractivity contribution in [3.05, 3.63) is 114 Å². The van der Waals surface area contributed by atoms with Gasteiger partial charge in [-0.25, -0.2) is 19.4 Å². The second-order valence-corrected chi connectivity index (χ2v) is 35.6. The van der Waals surface area contributed by atoms with E-state index in [1.807, 2.05) is 0 Å². The number of H-pyrrole nitrogens is 4. The number of nitrogens with zero attached hydrogens (tertiary/aromatic N) is 6. The number of nitrogens with one attached hydrogen (secondary N) is 4. The first-order valence-corrected chi connectivity index (χ1v) is 41.4. The first-order valence-electron chi connectivity index (χ1n) is 28.6. The molecule has 0 amide bonds. The van der Waals surface area contributed by atoms with Crippen LogP contribution in [0.5, 0.6) is 0 Å². The van der Waals surface area contributed by atoms with Crippen molar-refractivity contribution in [3.8, 4) is 0 Å². The Balaban J connectivity index is 0.953. The van der Waals surface area contributed by atoms with Crippen molar-refractivity contribution < 1.29 is 103 Å². The van der Waals surface area contributed by atoms with E-state index >= 15 is 0 Å². The number of hydrogen-bond donors (Lipinski definition) is 6. The van der Waals surface area contributed by atoms with E-state index in [1.54, 1.807) is 13.8 Å². The van der Waals surface area contributed by atoms with Crippen LogP contribution in [0.1, 0.15) is 68.3 Å². The summed E-state index contributed by atoms with van der Waals surface area (Å²) in [6.45, 7) is -20.8. The Kier molecular flexibility index (Phi) is 25.3. The van der Waals surface area contributed by atoms with Gasteiger partial charge in [0.05, 0.1) is 64.3 Å². The molecule has 9 rings (SSSR count). The number of methoxy groups -OCH3 is 2. The molecule has 19 atom stereocenters. The van der Waals surface area contributed by atoms with Crippen LogP contribution >= 0.6 is 33.7 Å². The van der Waals surface area contributed by atoms with Gasteiger partial charge in [-0.1, -0.05) is 47.2 Å². The highest BCUT2D eigenvalue weighted by Gasteiger charge is 2.52. The molecule has 50 heteroatoms. The molecule has 4 aliphatic heterocycles. The summed E-state index contributed by atoms with van der Waals surface area (Å²) in [5.74, 6) is -0.265. The highest BCUT2D eigenvalue weighted by atomic mass is 32.7. The SMILES string of the molecule is COC1[C@@H](OP([O-])(=S)OCCO)[C@@H](COP([O-])(=S)O[C@@H]2C(OC)[C@H](n3cc(C)c(=O)[nH]c3=O)O[C@@H]2COP([O-])(=S)O[C@@H]2C[C@H](n3cc(C)c(=O)[nH]c3=O)O[C@@H]2COP(=O)([S-])O[C@@H]2C[C@H](n3cnc4c(=O)[nH]c(N)nc43)O[C@@H]2COP([O-])(=S)OC(C)C)O[C@H]1n1cc(C)c(=O)[nH]c1=O. The molecule has 0 saturated carbocycles. The van der Waals surface area contributed by atoms with Gasteiger partial charge in [-0.05, 0) is 34.6 Å². The lowest BCUT2D eigenvalue weighted by atomic mass is 10.1. The lowest BCUT2D eigenvalue weighted by molar-refractivity contribution is -0.222. The summed E-state index contributed by atoms with van der Waals surface area (Å²) in [4.78, 5) is 162. The van der Waals surface area contributed by atoms with Crippen molar-refractivity contribution in [2.75, 3.05) is 59.6 Å². The minimum absolute atomic E-state index is 0.00729. The number of hydrogen-bond acceptors (Lipinski definition) is 37. The number of nitrogen functional groups attached to an aromatic ring is 1. The van der Waals surface area contributed by atoms with Crippen molar-refractivity contribution in [3.63, 3.8) is 0 Å². The molecule has 0 aliphatic carbocycles. The van der Waals surface area contributed by atoms with Crippen molar-refractivity contribution >= 4 is 110 Å². The number of fused-ring (bicyclic) bond motifs is 1. The van der Waals surface area contributed by atoms with Crippen LogP contribution in [-0.4, -0.2) is 174 Å². The van der Waals surface area contributed by atoms with E-state index in [0.717, 1.165) is 46.5 Å². The molecule has 540 valence electrons. The van der Waals surface area contributed by atoms with Gasteiger partial charge in [0, 0.05) is 62.3 Å². The lowest BCUT2D eigenvalue weighted by Crippen LogP contribution is -2.42. The van der Waals surface area contributed by atoms with Crippen LogP contribution < -0.4 is 64.6 Å². The van der Waals surface area contributed by atoms with Gasteiger partial charge in [0.2, 0.25) is 5.95 Å². The number of aromatic amines is 4. The molecule has 97 heavy (non-hydrogen) atoms. The van der Waals surface area contributed by atoms with Crippen LogP contribution in [0.3, 0.4) is 0 Å². The predicted molar refractivity (Wildman–Crippen MR) is 342 cm³/mol. The Labute approximate surface area is 571 Å². The van der Waals surface area contributed by atoms with Crippen LogP contribution in [0, 0.1) is 20.8 Å². The van der Waals surface area contributed by atoms with Gasteiger partial charge in [-0.3, -0.25) is 61.9 Å². The Hall–Kier alpha value is -3.47. The number of aryl methyl sites for hydroxylation is 3. The topological polar surface area (TPSA) is 531 Å². The van der Waals surface area contributed by atoms with Crippen LogP contribution in [0.25, 0.3) is 11.2 Å². The maximum absolute atomic E-state index is 14.6. The Bertz CT molecular complexity index is 4400. The summed E-state index contributed by atoms with van der Waals surface area (Å²) < 4.78 is 111. The summed E-state index contributed by atoms with van der Waals surface area (Å²) in [5.41, 5.74) is -0.206. The number of aliphatic hydroxyl groups excluding tert-OH is 1. The third kappa shape index (κ3) is 19.0. The van der Waals surface area contributed by atoms with Crippen molar-refractivity contribution in [2.45, 2.75) is 140 Å². The molecule has 9 heterocycles. The van der Waals surface area contributed by atoms with Gasteiger partial charge in [-0.15, -0.1) is 0 Å². The maximum Gasteiger partial charge on any atom is 0.330 e. The third-order valence-corrected chi connectivity index (χ3v) is 22.8. The van der Waals surface area contributed by atoms with Gasteiger partial charge >= 0.3 is 17.1 Å². The zero-order chi connectivity index (χ0) is 71.0. The Morgan fingerprint density at radius 2 is 1.02 bits per heavy atom. The largest absolute Gasteiger partial charge is 0.780 e. The van der Waals surface area contributed by atoms with Crippen LogP contribution in [-0.2, 0) is 138 Å². The number of aromatic nitrogens is 10. The second kappa shape index (κ2) is 31.6. The zero-order valence-electron chi connectivity index (χ0n) is 51.5. The summed E-state index contributed by atoms with van der Waals surface area (Å²) in [7, 11) is 2.27. The molecule has 0 aromatic carbocycles. The smallest absolute Gasteiger partial charge is 0.330 e. The van der Waals surface area contributed by atoms with Crippen molar-refractivity contribution in [1.29, 1.82) is 0 Å². The first kappa shape index (κ1) is 77.7. The number of imidazole rings is 1. The molecule has 4 aliphatic rings. The van der Waals surface area contributed by atoms with Gasteiger partial charge in [0.15, 0.2) is 30.4 Å². The van der Waals surface area contributed by atoms with Crippen LogP contribution in [0.4, 0.5) is 5.95 Å². The normalized spacial score (nSPS) is 29.2. The molecule has 5 aromatic heterocycles. The second-order valence-electron chi connectivity index (χ2n) is 22.0. The fourth-order valence-electron chi connectivity index (χ4n) is 10.5. The fraction of sp³-hybridized carbons (Fsp3) is 0.638. The molecule has 0 bridgehead atoms. The van der Waals surface area contributed by atoms with E-state index in [-0.39, 0.29) is 40.2 Å². The highest BCUT2D eigenvalue weighted by molar-refractivity contribution is 8.32. The average molecular weight is 1560 g/mol. The lowest BCUT2D eigenvalue weighted by Gasteiger charge is -2.37. The minimum atomic E-state index is -5.02. The predicted octanol–water partition coefficient (Wildman–Crippen LogP) is -3.29. The summed E-state index contributed by atoms with van der Waals surface area (Å²) in [6.07, 6.45) is -17.8. The zero-order valence-corrected chi connectivity index (χ0v) is 60.1. The van der Waals surface area contributed by atoms with E-state index in [1.165, 1.54) is 31.7 Å². The van der Waals surface area contributed by atoms with E-state index in [4.69, 9.17) is 139 Å². The summed E-state index contributed by atoms with van der Waals surface area (Å²) >= 11 is 26.3. The van der Waals surface area contributed by atoms with Crippen LogP contribution in [0.2, 0.25) is 0 Å². The number of nitrogens with two attached hydrogens (primary N) is 1. The van der Waals surface area contributed by atoms with E-state index in [9.17, 15) is 62.8 Å². The van der Waals surface area contributed by atoms with Crippen LogP contribution in [0.15, 0.2) is 58.5 Å². The summed E-state index contributed by atoms with van der Waals surface area (Å²) in [5, 5.41) is 9.36. The molecule has 0 spiro atoms. The quantitative estimate of drug-likeness (QED) is 0.0187. The number of aliphatic hydroxyl groups is 1. The average Bonchev–Trinajstić information content (AvgIpc) is 1.65. The molecule has 4 fully saturated rings. The highest BCUT2D eigenvalue weighted by Crippen LogP contribution is 2.54. The minimum Gasteiger partial charge on any atom is -0.780 e. The van der Waals surface area contributed by atoms with Gasteiger partial charge in [0.1, 0.15) is 88.2 Å². The van der Waals surface area contributed by atoms with E-state index in [2.05, 4.69) is 29.9 Å². The van der Waals surface area contributed by atoms with Gasteiger partial charge < -0.3 is 116 Å². The maximum atomic E-state index is 14.6.